The predicted molar refractivity (Wildman–Crippen MR) is 71.0 cm³/mol. The fourth-order valence-corrected chi connectivity index (χ4v) is 3.04. The van der Waals surface area contributed by atoms with Crippen LogP contribution in [0.25, 0.3) is 0 Å². The van der Waals surface area contributed by atoms with Crippen molar-refractivity contribution in [1.29, 1.82) is 0 Å². The molecule has 1 N–H and O–H groups in total. The van der Waals surface area contributed by atoms with E-state index in [0.29, 0.717) is 5.75 Å². The van der Waals surface area contributed by atoms with Gasteiger partial charge in [-0.1, -0.05) is 0 Å². The van der Waals surface area contributed by atoms with E-state index < -0.39 is 16.1 Å². The minimum atomic E-state index is -3.74. The van der Waals surface area contributed by atoms with E-state index in [2.05, 4.69) is 0 Å². The molecular formula is C12H19NO5S. The summed E-state index contributed by atoms with van der Waals surface area (Å²) in [6, 6.07) is 4.54. The third-order valence-corrected chi connectivity index (χ3v) is 4.42. The number of ether oxygens (including phenoxy) is 2. The topological polar surface area (TPSA) is 76.1 Å². The van der Waals surface area contributed by atoms with Gasteiger partial charge in [0.15, 0.2) is 0 Å². The van der Waals surface area contributed by atoms with Crippen molar-refractivity contribution in [2.75, 3.05) is 27.8 Å². The smallest absolute Gasteiger partial charge is 0.246 e. The van der Waals surface area contributed by atoms with Crippen LogP contribution in [0.4, 0.5) is 0 Å². The Balaban J connectivity index is 3.26. The Bertz CT molecular complexity index is 527. The zero-order valence-electron chi connectivity index (χ0n) is 11.5. The van der Waals surface area contributed by atoms with Crippen LogP contribution >= 0.6 is 0 Å². The van der Waals surface area contributed by atoms with Gasteiger partial charge in [0, 0.05) is 19.7 Å². The summed E-state index contributed by atoms with van der Waals surface area (Å²) in [4.78, 5) is 0.0116. The van der Waals surface area contributed by atoms with Gasteiger partial charge in [0.25, 0.3) is 0 Å². The standard InChI is InChI=1S/C12H19NO5S/c1-9(14)8-13(2)19(15,16)12-7-10(17-3)5-6-11(12)18-4/h5-7,9,14H,8H2,1-4H3. The molecule has 1 aromatic carbocycles. The molecule has 0 aliphatic carbocycles. The highest BCUT2D eigenvalue weighted by atomic mass is 32.2. The molecular weight excluding hydrogens is 270 g/mol. The molecule has 1 atom stereocenters. The molecule has 0 saturated heterocycles. The Morgan fingerprint density at radius 3 is 2.42 bits per heavy atom. The Kier molecular flexibility index (Phi) is 5.16. The maximum Gasteiger partial charge on any atom is 0.246 e. The molecule has 0 aliphatic rings. The lowest BCUT2D eigenvalue weighted by molar-refractivity contribution is 0.171. The molecule has 0 heterocycles. The Hall–Kier alpha value is -1.31. The largest absolute Gasteiger partial charge is 0.497 e. The van der Waals surface area contributed by atoms with Crippen molar-refractivity contribution in [1.82, 2.24) is 4.31 Å². The molecule has 0 amide bonds. The maximum atomic E-state index is 12.4. The maximum absolute atomic E-state index is 12.4. The predicted octanol–water partition coefficient (Wildman–Crippen LogP) is 0.705. The molecule has 1 aromatic rings. The van der Waals surface area contributed by atoms with E-state index in [1.165, 1.54) is 40.3 Å². The highest BCUT2D eigenvalue weighted by molar-refractivity contribution is 7.89. The van der Waals surface area contributed by atoms with Crippen LogP contribution in [-0.4, -0.2) is 51.7 Å². The molecule has 0 radical (unpaired) electrons. The van der Waals surface area contributed by atoms with Crippen LogP contribution in [0, 0.1) is 0 Å². The van der Waals surface area contributed by atoms with Gasteiger partial charge in [-0.15, -0.1) is 0 Å². The van der Waals surface area contributed by atoms with Crippen LogP contribution in [-0.2, 0) is 10.0 Å². The molecule has 0 spiro atoms. The van der Waals surface area contributed by atoms with Crippen LogP contribution in [0.1, 0.15) is 6.92 Å². The van der Waals surface area contributed by atoms with Crippen molar-refractivity contribution in [2.24, 2.45) is 0 Å². The molecule has 1 rings (SSSR count). The molecule has 0 bridgehead atoms. The van der Waals surface area contributed by atoms with Gasteiger partial charge < -0.3 is 14.6 Å². The monoisotopic (exact) mass is 289 g/mol. The lowest BCUT2D eigenvalue weighted by atomic mass is 10.3. The highest BCUT2D eigenvalue weighted by Crippen LogP contribution is 2.30. The number of hydrogen-bond acceptors (Lipinski definition) is 5. The van der Waals surface area contributed by atoms with Crippen LogP contribution in [0.3, 0.4) is 0 Å². The van der Waals surface area contributed by atoms with Crippen LogP contribution in [0.15, 0.2) is 23.1 Å². The first-order valence-electron chi connectivity index (χ1n) is 5.69. The van der Waals surface area contributed by atoms with Gasteiger partial charge in [-0.2, -0.15) is 4.31 Å². The second-order valence-electron chi connectivity index (χ2n) is 4.15. The number of hydrogen-bond donors (Lipinski definition) is 1. The van der Waals surface area contributed by atoms with Gasteiger partial charge in [-0.25, -0.2) is 8.42 Å². The van der Waals surface area contributed by atoms with E-state index in [-0.39, 0.29) is 17.2 Å². The third kappa shape index (κ3) is 3.59. The first kappa shape index (κ1) is 15.7. The average molecular weight is 289 g/mol. The summed E-state index contributed by atoms with van der Waals surface area (Å²) in [7, 11) is 0.517. The summed E-state index contributed by atoms with van der Waals surface area (Å²) in [5, 5.41) is 9.30. The van der Waals surface area contributed by atoms with Crippen molar-refractivity contribution >= 4 is 10.0 Å². The number of sulfonamides is 1. The van der Waals surface area contributed by atoms with Crippen molar-refractivity contribution in [2.45, 2.75) is 17.9 Å². The quantitative estimate of drug-likeness (QED) is 0.834. The first-order chi connectivity index (χ1) is 8.82. The number of nitrogens with zero attached hydrogens (tertiary/aromatic N) is 1. The summed E-state index contributed by atoms with van der Waals surface area (Å²) < 4.78 is 36.0. The average Bonchev–Trinajstić information content (AvgIpc) is 2.37. The summed E-state index contributed by atoms with van der Waals surface area (Å²) in [5.74, 6) is 0.656. The van der Waals surface area contributed by atoms with E-state index in [9.17, 15) is 13.5 Å². The number of benzene rings is 1. The second kappa shape index (κ2) is 6.23. The first-order valence-corrected chi connectivity index (χ1v) is 7.13. The van der Waals surface area contributed by atoms with Gasteiger partial charge in [0.1, 0.15) is 16.4 Å². The molecule has 0 saturated carbocycles. The number of aliphatic hydroxyl groups excluding tert-OH is 1. The molecule has 7 heteroatoms. The summed E-state index contributed by atoms with van der Waals surface area (Å²) in [6.07, 6.45) is -0.753. The van der Waals surface area contributed by atoms with E-state index in [0.717, 1.165) is 4.31 Å². The van der Waals surface area contributed by atoms with Gasteiger partial charge in [-0.3, -0.25) is 0 Å². The second-order valence-corrected chi connectivity index (χ2v) is 6.16. The number of rotatable bonds is 6. The molecule has 6 nitrogen and oxygen atoms in total. The van der Waals surface area contributed by atoms with E-state index in [1.807, 2.05) is 0 Å². The fourth-order valence-electron chi connectivity index (χ4n) is 1.62. The van der Waals surface area contributed by atoms with E-state index >= 15 is 0 Å². The number of likely N-dealkylation sites (N-methyl/N-ethyl adjacent to an activating group) is 1. The zero-order chi connectivity index (χ0) is 14.6. The van der Waals surface area contributed by atoms with Crippen LogP contribution in [0.5, 0.6) is 11.5 Å². The summed E-state index contributed by atoms with van der Waals surface area (Å²) in [5.41, 5.74) is 0. The summed E-state index contributed by atoms with van der Waals surface area (Å²) in [6.45, 7) is 1.53. The van der Waals surface area contributed by atoms with Gasteiger partial charge in [0.2, 0.25) is 10.0 Å². The molecule has 0 aromatic heterocycles. The molecule has 19 heavy (non-hydrogen) atoms. The van der Waals surface area contributed by atoms with Crippen LogP contribution in [0.2, 0.25) is 0 Å². The Morgan fingerprint density at radius 1 is 1.32 bits per heavy atom. The summed E-state index contributed by atoms with van der Waals surface area (Å²) >= 11 is 0. The van der Waals surface area contributed by atoms with E-state index in [1.54, 1.807) is 6.07 Å². The minimum absolute atomic E-state index is 0.00268. The van der Waals surface area contributed by atoms with E-state index in [4.69, 9.17) is 9.47 Å². The highest BCUT2D eigenvalue weighted by Gasteiger charge is 2.26. The normalized spacial score (nSPS) is 13.4. The number of methoxy groups -OCH3 is 2. The fraction of sp³-hybridized carbons (Fsp3) is 0.500. The molecule has 108 valence electrons. The number of aliphatic hydroxyl groups is 1. The molecule has 0 fully saturated rings. The van der Waals surface area contributed by atoms with Crippen molar-refractivity contribution < 1.29 is 23.0 Å². The van der Waals surface area contributed by atoms with Crippen molar-refractivity contribution in [3.63, 3.8) is 0 Å². The minimum Gasteiger partial charge on any atom is -0.497 e. The van der Waals surface area contributed by atoms with Crippen LogP contribution < -0.4 is 9.47 Å². The Morgan fingerprint density at radius 2 is 1.95 bits per heavy atom. The lowest BCUT2D eigenvalue weighted by Crippen LogP contribution is -2.33. The Labute approximate surface area is 113 Å². The van der Waals surface area contributed by atoms with Crippen molar-refractivity contribution in [3.05, 3.63) is 18.2 Å². The SMILES string of the molecule is COc1ccc(OC)c(S(=O)(=O)N(C)CC(C)O)c1. The third-order valence-electron chi connectivity index (χ3n) is 2.58. The van der Waals surface area contributed by atoms with Crippen molar-refractivity contribution in [3.8, 4) is 11.5 Å². The van der Waals surface area contributed by atoms with Gasteiger partial charge >= 0.3 is 0 Å². The zero-order valence-corrected chi connectivity index (χ0v) is 12.3. The van der Waals surface area contributed by atoms with Gasteiger partial charge in [0.05, 0.1) is 20.3 Å². The lowest BCUT2D eigenvalue weighted by Gasteiger charge is -2.20. The molecule has 0 aliphatic heterocycles. The molecule has 1 unspecified atom stereocenters. The van der Waals surface area contributed by atoms with Gasteiger partial charge in [-0.05, 0) is 19.1 Å².